The minimum atomic E-state index is 0. The van der Waals surface area contributed by atoms with Gasteiger partial charge in [0, 0.05) is 36.3 Å². The summed E-state index contributed by atoms with van der Waals surface area (Å²) in [6, 6.07) is 13.8. The average molecular weight is 435 g/mol. The van der Waals surface area contributed by atoms with E-state index in [1.807, 2.05) is 36.4 Å². The fourth-order valence-electron chi connectivity index (χ4n) is 3.62. The summed E-state index contributed by atoms with van der Waals surface area (Å²) in [6.45, 7) is 3.48. The third-order valence-electron chi connectivity index (χ3n) is 5.02. The zero-order valence-corrected chi connectivity index (χ0v) is 17.1. The molecule has 0 saturated carbocycles. The lowest BCUT2D eigenvalue weighted by Crippen LogP contribution is -2.45. The Balaban J connectivity index is 0.00000205. The van der Waals surface area contributed by atoms with Crippen LogP contribution in [0.25, 0.3) is 11.4 Å². The first-order valence-electron chi connectivity index (χ1n) is 9.19. The Morgan fingerprint density at radius 3 is 2.93 bits per heavy atom. The summed E-state index contributed by atoms with van der Waals surface area (Å²) >= 11 is 6.18. The van der Waals surface area contributed by atoms with E-state index in [4.69, 9.17) is 25.6 Å². The first-order chi connectivity index (χ1) is 13.8. The minimum absolute atomic E-state index is 0. The Hall–Kier alpha value is -2.32. The van der Waals surface area contributed by atoms with Gasteiger partial charge < -0.3 is 19.3 Å². The Bertz CT molecular complexity index is 997. The van der Waals surface area contributed by atoms with Crippen LogP contribution in [0, 0.1) is 0 Å². The smallest absolute Gasteiger partial charge is 0.241 e. The van der Waals surface area contributed by atoms with Crippen molar-refractivity contribution < 1.29 is 14.0 Å². The number of nitrogens with one attached hydrogen (secondary N) is 1. The quantitative estimate of drug-likeness (QED) is 0.670. The number of piperazine rings is 1. The molecule has 0 spiro atoms. The van der Waals surface area contributed by atoms with Crippen molar-refractivity contribution >= 4 is 24.0 Å². The maximum Gasteiger partial charge on any atom is 0.241 e. The van der Waals surface area contributed by atoms with Gasteiger partial charge >= 0.3 is 0 Å². The molecule has 0 aliphatic carbocycles. The number of benzene rings is 2. The molecule has 152 valence electrons. The van der Waals surface area contributed by atoms with Crippen molar-refractivity contribution in [3.8, 4) is 22.9 Å². The highest BCUT2D eigenvalue weighted by Gasteiger charge is 2.26. The van der Waals surface area contributed by atoms with Gasteiger partial charge in [-0.05, 0) is 35.9 Å². The third kappa shape index (κ3) is 4.18. The van der Waals surface area contributed by atoms with Gasteiger partial charge in [-0.3, -0.25) is 4.90 Å². The van der Waals surface area contributed by atoms with Gasteiger partial charge in [0.25, 0.3) is 0 Å². The van der Waals surface area contributed by atoms with E-state index in [0.29, 0.717) is 24.0 Å². The molecule has 29 heavy (non-hydrogen) atoms. The van der Waals surface area contributed by atoms with Crippen molar-refractivity contribution in [1.82, 2.24) is 20.4 Å². The molecule has 2 aliphatic rings. The van der Waals surface area contributed by atoms with Crippen LogP contribution in [0.3, 0.4) is 0 Å². The van der Waals surface area contributed by atoms with Crippen molar-refractivity contribution in [2.75, 3.05) is 26.4 Å². The molecule has 2 aromatic carbocycles. The highest BCUT2D eigenvalue weighted by Crippen LogP contribution is 2.35. The molecule has 3 heterocycles. The van der Waals surface area contributed by atoms with E-state index in [1.165, 1.54) is 5.56 Å². The molecule has 1 atom stereocenters. The van der Waals surface area contributed by atoms with Gasteiger partial charge in [0.05, 0.1) is 6.54 Å². The number of rotatable bonds is 4. The lowest BCUT2D eigenvalue weighted by atomic mass is 10.0. The highest BCUT2D eigenvalue weighted by atomic mass is 35.5. The van der Waals surface area contributed by atoms with Crippen LogP contribution in [-0.4, -0.2) is 41.5 Å². The summed E-state index contributed by atoms with van der Waals surface area (Å²) in [5, 5.41) is 8.33. The minimum Gasteiger partial charge on any atom is -0.454 e. The van der Waals surface area contributed by atoms with E-state index in [-0.39, 0.29) is 25.2 Å². The number of hydrogen-bond donors (Lipinski definition) is 1. The molecule has 0 amide bonds. The molecule has 1 saturated heterocycles. The van der Waals surface area contributed by atoms with Crippen LogP contribution in [0.2, 0.25) is 5.02 Å². The van der Waals surface area contributed by atoms with Gasteiger partial charge in [-0.1, -0.05) is 28.9 Å². The van der Waals surface area contributed by atoms with Gasteiger partial charge in [0.15, 0.2) is 11.5 Å². The van der Waals surface area contributed by atoms with Crippen LogP contribution in [0.5, 0.6) is 11.5 Å². The van der Waals surface area contributed by atoms with Crippen LogP contribution in [0.1, 0.15) is 17.5 Å². The number of aromatic nitrogens is 2. The SMILES string of the molecule is Cl.Clc1cccc(C2CNCCN2Cc2nc(-c3ccc4c(c3)OCO4)no2)c1. The monoisotopic (exact) mass is 434 g/mol. The molecule has 0 radical (unpaired) electrons. The zero-order valence-electron chi connectivity index (χ0n) is 15.5. The summed E-state index contributed by atoms with van der Waals surface area (Å²) in [5.74, 6) is 2.56. The number of halogens is 2. The summed E-state index contributed by atoms with van der Waals surface area (Å²) in [6.07, 6.45) is 0. The van der Waals surface area contributed by atoms with Crippen LogP contribution in [0.15, 0.2) is 47.0 Å². The molecule has 9 heteroatoms. The molecule has 1 N–H and O–H groups in total. The first-order valence-corrected chi connectivity index (χ1v) is 9.57. The van der Waals surface area contributed by atoms with Crippen molar-refractivity contribution in [3.05, 3.63) is 58.9 Å². The van der Waals surface area contributed by atoms with Gasteiger partial charge in [-0.15, -0.1) is 12.4 Å². The molecule has 3 aromatic rings. The van der Waals surface area contributed by atoms with E-state index >= 15 is 0 Å². The van der Waals surface area contributed by atoms with Crippen molar-refractivity contribution in [3.63, 3.8) is 0 Å². The van der Waals surface area contributed by atoms with Crippen LogP contribution >= 0.6 is 24.0 Å². The van der Waals surface area contributed by atoms with E-state index in [9.17, 15) is 0 Å². The van der Waals surface area contributed by atoms with Gasteiger partial charge in [-0.25, -0.2) is 0 Å². The molecule has 1 unspecified atom stereocenters. The first kappa shape index (κ1) is 20.0. The van der Waals surface area contributed by atoms with Gasteiger partial charge in [0.2, 0.25) is 18.5 Å². The molecular formula is C20H20Cl2N4O3. The number of hydrogen-bond acceptors (Lipinski definition) is 7. The van der Waals surface area contributed by atoms with Crippen LogP contribution in [-0.2, 0) is 6.54 Å². The highest BCUT2D eigenvalue weighted by molar-refractivity contribution is 6.30. The Morgan fingerprint density at radius 1 is 1.14 bits per heavy atom. The van der Waals surface area contributed by atoms with Crippen LogP contribution in [0.4, 0.5) is 0 Å². The molecule has 0 bridgehead atoms. The third-order valence-corrected chi connectivity index (χ3v) is 5.26. The second-order valence-corrected chi connectivity index (χ2v) is 7.26. The Morgan fingerprint density at radius 2 is 2.03 bits per heavy atom. The number of nitrogens with zero attached hydrogens (tertiary/aromatic N) is 3. The van der Waals surface area contributed by atoms with Gasteiger partial charge in [0.1, 0.15) is 0 Å². The fourth-order valence-corrected chi connectivity index (χ4v) is 3.82. The van der Waals surface area contributed by atoms with Crippen molar-refractivity contribution in [2.24, 2.45) is 0 Å². The number of ether oxygens (including phenoxy) is 2. The fraction of sp³-hybridized carbons (Fsp3) is 0.300. The predicted molar refractivity (Wildman–Crippen MR) is 111 cm³/mol. The molecule has 7 nitrogen and oxygen atoms in total. The summed E-state index contributed by atoms with van der Waals surface area (Å²) < 4.78 is 16.3. The summed E-state index contributed by atoms with van der Waals surface area (Å²) in [5.41, 5.74) is 2.01. The lowest BCUT2D eigenvalue weighted by molar-refractivity contribution is 0.135. The molecular weight excluding hydrogens is 415 g/mol. The Kier molecular flexibility index (Phi) is 5.91. The summed E-state index contributed by atoms with van der Waals surface area (Å²) in [7, 11) is 0. The topological polar surface area (TPSA) is 72.7 Å². The summed E-state index contributed by atoms with van der Waals surface area (Å²) in [4.78, 5) is 6.92. The lowest BCUT2D eigenvalue weighted by Gasteiger charge is -2.35. The average Bonchev–Trinajstić information content (AvgIpc) is 3.37. The second kappa shape index (κ2) is 8.59. The second-order valence-electron chi connectivity index (χ2n) is 6.83. The maximum absolute atomic E-state index is 6.18. The largest absolute Gasteiger partial charge is 0.454 e. The van der Waals surface area contributed by atoms with E-state index in [2.05, 4.69) is 26.4 Å². The number of fused-ring (bicyclic) bond motifs is 1. The van der Waals surface area contributed by atoms with Crippen molar-refractivity contribution in [1.29, 1.82) is 0 Å². The molecule has 5 rings (SSSR count). The van der Waals surface area contributed by atoms with Gasteiger partial charge in [-0.2, -0.15) is 4.98 Å². The molecule has 1 aromatic heterocycles. The van der Waals surface area contributed by atoms with Crippen molar-refractivity contribution in [2.45, 2.75) is 12.6 Å². The maximum atomic E-state index is 6.18. The molecule has 2 aliphatic heterocycles. The standard InChI is InChI=1S/C20H19ClN4O3.ClH/c21-15-3-1-2-13(8-15)16-10-22-6-7-25(16)11-19-23-20(24-28-19)14-4-5-17-18(9-14)27-12-26-17;/h1-5,8-9,16,22H,6-7,10-12H2;1H. The van der Waals surface area contributed by atoms with E-state index < -0.39 is 0 Å². The van der Waals surface area contributed by atoms with E-state index in [0.717, 1.165) is 36.0 Å². The predicted octanol–water partition coefficient (Wildman–Crippen LogP) is 3.69. The Labute approximate surface area is 179 Å². The van der Waals surface area contributed by atoms with E-state index in [1.54, 1.807) is 0 Å². The normalized spacial score (nSPS) is 18.4. The molecule has 1 fully saturated rings. The van der Waals surface area contributed by atoms with Crippen LogP contribution < -0.4 is 14.8 Å². The zero-order chi connectivity index (χ0) is 18.9.